The van der Waals surface area contributed by atoms with E-state index in [-0.39, 0.29) is 5.91 Å². The summed E-state index contributed by atoms with van der Waals surface area (Å²) < 4.78 is 0.900. The number of carbonyl (C=O) groups excluding carboxylic acids is 1. The van der Waals surface area contributed by atoms with Gasteiger partial charge in [-0.1, -0.05) is 18.7 Å². The van der Waals surface area contributed by atoms with Crippen molar-refractivity contribution in [2.45, 2.75) is 37.4 Å². The van der Waals surface area contributed by atoms with Crippen LogP contribution in [0.3, 0.4) is 0 Å². The van der Waals surface area contributed by atoms with Gasteiger partial charge in [-0.25, -0.2) is 4.98 Å². The third-order valence-electron chi connectivity index (χ3n) is 3.80. The van der Waals surface area contributed by atoms with E-state index >= 15 is 0 Å². The highest BCUT2D eigenvalue weighted by Gasteiger charge is 2.24. The van der Waals surface area contributed by atoms with E-state index in [1.54, 1.807) is 22.7 Å². The number of aromatic nitrogens is 1. The van der Waals surface area contributed by atoms with Crippen LogP contribution >= 0.6 is 34.4 Å². The summed E-state index contributed by atoms with van der Waals surface area (Å²) in [5.74, 6) is 0.891. The van der Waals surface area contributed by atoms with E-state index in [0.29, 0.717) is 22.2 Å². The standard InChI is InChI=1S/C16H17N3OS3/c1-9-3-4-11-12(6-17)15(23-13(11)5-9)19-14(20)8-22-16-18-10(2)7-21-16/h7,9H,3-5,8H2,1-2H3,(H,19,20). The molecular formula is C16H17N3OS3. The van der Waals surface area contributed by atoms with E-state index < -0.39 is 0 Å². The first-order chi connectivity index (χ1) is 11.1. The number of thiophene rings is 1. The van der Waals surface area contributed by atoms with E-state index in [1.807, 2.05) is 12.3 Å². The van der Waals surface area contributed by atoms with Gasteiger partial charge in [0, 0.05) is 16.0 Å². The fraction of sp³-hybridized carbons (Fsp3) is 0.438. The number of hydrogen-bond donors (Lipinski definition) is 1. The molecule has 1 aliphatic carbocycles. The van der Waals surface area contributed by atoms with Crippen LogP contribution in [0, 0.1) is 24.2 Å². The first kappa shape index (κ1) is 16.5. The molecule has 0 fully saturated rings. The zero-order chi connectivity index (χ0) is 16.4. The number of amides is 1. The van der Waals surface area contributed by atoms with Crippen LogP contribution in [-0.2, 0) is 17.6 Å². The molecule has 0 spiro atoms. The van der Waals surface area contributed by atoms with Crippen molar-refractivity contribution < 1.29 is 4.79 Å². The Labute approximate surface area is 147 Å². The quantitative estimate of drug-likeness (QED) is 0.825. The van der Waals surface area contributed by atoms with E-state index in [1.165, 1.54) is 16.6 Å². The van der Waals surface area contributed by atoms with Gasteiger partial charge >= 0.3 is 0 Å². The van der Waals surface area contributed by atoms with Crippen LogP contribution in [0.25, 0.3) is 0 Å². The maximum atomic E-state index is 12.2. The van der Waals surface area contributed by atoms with Crippen LogP contribution in [0.1, 0.15) is 35.0 Å². The highest BCUT2D eigenvalue weighted by molar-refractivity contribution is 8.01. The summed E-state index contributed by atoms with van der Waals surface area (Å²) >= 11 is 4.55. The van der Waals surface area contributed by atoms with Crippen molar-refractivity contribution in [2.75, 3.05) is 11.1 Å². The SMILES string of the molecule is Cc1csc(SCC(=O)Nc2sc3c(c2C#N)CCC(C)C3)n1. The van der Waals surface area contributed by atoms with Crippen LogP contribution in [0.5, 0.6) is 0 Å². The summed E-state index contributed by atoms with van der Waals surface area (Å²) in [7, 11) is 0. The fourth-order valence-corrected chi connectivity index (χ4v) is 5.67. The lowest BCUT2D eigenvalue weighted by Crippen LogP contribution is -2.14. The number of thioether (sulfide) groups is 1. The fourth-order valence-electron chi connectivity index (χ4n) is 2.65. The lowest BCUT2D eigenvalue weighted by Gasteiger charge is -2.17. The van der Waals surface area contributed by atoms with Gasteiger partial charge in [-0.3, -0.25) is 4.79 Å². The lowest BCUT2D eigenvalue weighted by atomic mass is 9.89. The smallest absolute Gasteiger partial charge is 0.235 e. The molecule has 2 heterocycles. The Kier molecular flexibility index (Phi) is 5.05. The Balaban J connectivity index is 1.67. The number of thiazole rings is 1. The second kappa shape index (κ2) is 7.04. The molecule has 23 heavy (non-hydrogen) atoms. The molecule has 1 unspecified atom stereocenters. The first-order valence-electron chi connectivity index (χ1n) is 7.46. The van der Waals surface area contributed by atoms with E-state index in [4.69, 9.17) is 0 Å². The number of aryl methyl sites for hydroxylation is 1. The molecule has 2 aromatic heterocycles. The van der Waals surface area contributed by atoms with Gasteiger partial charge in [-0.05, 0) is 37.7 Å². The van der Waals surface area contributed by atoms with Gasteiger partial charge < -0.3 is 5.32 Å². The lowest BCUT2D eigenvalue weighted by molar-refractivity contribution is -0.113. The van der Waals surface area contributed by atoms with Crippen LogP contribution in [0.2, 0.25) is 0 Å². The zero-order valence-electron chi connectivity index (χ0n) is 13.0. The molecule has 0 radical (unpaired) electrons. The van der Waals surface area contributed by atoms with Crippen molar-refractivity contribution in [1.29, 1.82) is 5.26 Å². The number of hydrogen-bond acceptors (Lipinski definition) is 6. The molecule has 0 aromatic carbocycles. The molecule has 120 valence electrons. The molecule has 1 aliphatic rings. The molecule has 2 aromatic rings. The Morgan fingerprint density at radius 1 is 1.61 bits per heavy atom. The molecule has 0 bridgehead atoms. The number of nitriles is 1. The second-order valence-corrected chi connectivity index (χ2v) is 8.95. The van der Waals surface area contributed by atoms with E-state index in [9.17, 15) is 10.1 Å². The molecule has 0 saturated carbocycles. The molecule has 1 amide bonds. The number of rotatable bonds is 4. The first-order valence-corrected chi connectivity index (χ1v) is 10.1. The summed E-state index contributed by atoms with van der Waals surface area (Å²) in [6.45, 7) is 4.18. The number of fused-ring (bicyclic) bond motifs is 1. The molecule has 1 atom stereocenters. The Bertz CT molecular complexity index is 772. The van der Waals surface area contributed by atoms with Gasteiger partial charge in [-0.15, -0.1) is 22.7 Å². The third-order valence-corrected chi connectivity index (χ3v) is 7.11. The normalized spacial score (nSPS) is 16.7. The average molecular weight is 364 g/mol. The highest BCUT2D eigenvalue weighted by Crippen LogP contribution is 2.39. The summed E-state index contributed by atoms with van der Waals surface area (Å²) in [6.07, 6.45) is 3.07. The van der Waals surface area contributed by atoms with Crippen molar-refractivity contribution in [1.82, 2.24) is 4.98 Å². The summed E-state index contributed by atoms with van der Waals surface area (Å²) in [6, 6.07) is 2.28. The maximum absolute atomic E-state index is 12.2. The van der Waals surface area contributed by atoms with Crippen LogP contribution in [0.4, 0.5) is 5.00 Å². The number of nitrogens with zero attached hydrogens (tertiary/aromatic N) is 2. The largest absolute Gasteiger partial charge is 0.316 e. The van der Waals surface area contributed by atoms with E-state index in [2.05, 4.69) is 23.3 Å². The molecule has 7 heteroatoms. The highest BCUT2D eigenvalue weighted by atomic mass is 32.2. The van der Waals surface area contributed by atoms with Crippen molar-refractivity contribution in [2.24, 2.45) is 5.92 Å². The van der Waals surface area contributed by atoms with Crippen molar-refractivity contribution in [3.8, 4) is 6.07 Å². The van der Waals surface area contributed by atoms with Gasteiger partial charge in [0.1, 0.15) is 11.1 Å². The summed E-state index contributed by atoms with van der Waals surface area (Å²) in [5, 5.41) is 15.1. The average Bonchev–Trinajstić information content (AvgIpc) is 3.07. The minimum absolute atomic E-state index is 0.0778. The number of carbonyl (C=O) groups is 1. The van der Waals surface area contributed by atoms with Gasteiger partial charge in [0.25, 0.3) is 0 Å². The molecular weight excluding hydrogens is 346 g/mol. The summed E-state index contributed by atoms with van der Waals surface area (Å²) in [4.78, 5) is 17.8. The minimum atomic E-state index is -0.0778. The van der Waals surface area contributed by atoms with Crippen LogP contribution in [-0.4, -0.2) is 16.6 Å². The molecule has 1 N–H and O–H groups in total. The van der Waals surface area contributed by atoms with Crippen molar-refractivity contribution >= 4 is 45.3 Å². The van der Waals surface area contributed by atoms with Crippen molar-refractivity contribution in [3.63, 3.8) is 0 Å². The van der Waals surface area contributed by atoms with Gasteiger partial charge in [0.05, 0.1) is 11.3 Å². The van der Waals surface area contributed by atoms with Gasteiger partial charge in [0.15, 0.2) is 4.34 Å². The van der Waals surface area contributed by atoms with Crippen molar-refractivity contribution in [3.05, 3.63) is 27.1 Å². The Hall–Kier alpha value is -1.36. The van der Waals surface area contributed by atoms with E-state index in [0.717, 1.165) is 34.9 Å². The molecule has 0 saturated heterocycles. The second-order valence-electron chi connectivity index (χ2n) is 5.76. The summed E-state index contributed by atoms with van der Waals surface area (Å²) in [5.41, 5.74) is 2.79. The van der Waals surface area contributed by atoms with Crippen LogP contribution < -0.4 is 5.32 Å². The van der Waals surface area contributed by atoms with Gasteiger partial charge in [-0.2, -0.15) is 5.26 Å². The van der Waals surface area contributed by atoms with Gasteiger partial charge in [0.2, 0.25) is 5.91 Å². The number of anilines is 1. The molecule has 4 nitrogen and oxygen atoms in total. The predicted molar refractivity (Wildman–Crippen MR) is 96.4 cm³/mol. The Morgan fingerprint density at radius 2 is 2.43 bits per heavy atom. The predicted octanol–water partition coefficient (Wildman–Crippen LogP) is 4.24. The minimum Gasteiger partial charge on any atom is -0.316 e. The topological polar surface area (TPSA) is 65.8 Å². The molecule has 3 rings (SSSR count). The third kappa shape index (κ3) is 3.77. The monoisotopic (exact) mass is 363 g/mol. The molecule has 0 aliphatic heterocycles. The number of nitrogens with one attached hydrogen (secondary N) is 1. The zero-order valence-corrected chi connectivity index (χ0v) is 15.5. The van der Waals surface area contributed by atoms with Crippen LogP contribution in [0.15, 0.2) is 9.72 Å². The Morgan fingerprint density at radius 3 is 3.13 bits per heavy atom. The maximum Gasteiger partial charge on any atom is 0.235 e.